The SMILES string of the molecule is O=C(Nc1ccc(Cl)c([N+](=O)[O-])c1)N1CCc2c([nH]c3ccccc23)C1C(F)(F)F. The molecule has 0 aliphatic carbocycles. The lowest BCUT2D eigenvalue weighted by Gasteiger charge is -2.36. The normalized spacial score (nSPS) is 16.4. The van der Waals surface area contributed by atoms with E-state index in [9.17, 15) is 28.1 Å². The Hall–Kier alpha value is -3.27. The fourth-order valence-corrected chi connectivity index (χ4v) is 3.91. The van der Waals surface area contributed by atoms with Crippen molar-refractivity contribution in [1.82, 2.24) is 9.88 Å². The van der Waals surface area contributed by atoms with Crippen molar-refractivity contribution in [2.45, 2.75) is 18.6 Å². The number of H-pyrrole nitrogens is 1. The van der Waals surface area contributed by atoms with Crippen LogP contribution in [0.4, 0.5) is 29.3 Å². The zero-order chi connectivity index (χ0) is 21.6. The number of anilines is 1. The number of rotatable bonds is 2. The average molecular weight is 439 g/mol. The zero-order valence-electron chi connectivity index (χ0n) is 15.2. The van der Waals surface area contributed by atoms with E-state index >= 15 is 0 Å². The number of nitro groups is 1. The molecular formula is C19H14ClF3N4O3. The Balaban J connectivity index is 1.69. The van der Waals surface area contributed by atoms with Crippen LogP contribution < -0.4 is 5.32 Å². The molecule has 3 aromatic rings. The van der Waals surface area contributed by atoms with E-state index in [1.807, 2.05) is 0 Å². The van der Waals surface area contributed by atoms with Crippen LogP contribution in [0.5, 0.6) is 0 Å². The molecule has 2 N–H and O–H groups in total. The van der Waals surface area contributed by atoms with E-state index in [-0.39, 0.29) is 29.4 Å². The summed E-state index contributed by atoms with van der Waals surface area (Å²) in [7, 11) is 0. The van der Waals surface area contributed by atoms with Crippen molar-refractivity contribution in [2.24, 2.45) is 0 Å². The first-order chi connectivity index (χ1) is 14.2. The van der Waals surface area contributed by atoms with Crippen molar-refractivity contribution in [2.75, 3.05) is 11.9 Å². The number of nitrogens with one attached hydrogen (secondary N) is 2. The zero-order valence-corrected chi connectivity index (χ0v) is 15.9. The second-order valence-electron chi connectivity index (χ2n) is 6.80. The highest BCUT2D eigenvalue weighted by atomic mass is 35.5. The molecule has 30 heavy (non-hydrogen) atoms. The van der Waals surface area contributed by atoms with Crippen LogP contribution >= 0.6 is 11.6 Å². The van der Waals surface area contributed by atoms with Gasteiger partial charge in [0.25, 0.3) is 5.69 Å². The highest BCUT2D eigenvalue weighted by Gasteiger charge is 2.50. The second kappa shape index (κ2) is 7.21. The molecule has 1 unspecified atom stereocenters. The van der Waals surface area contributed by atoms with Gasteiger partial charge in [-0.1, -0.05) is 29.8 Å². The summed E-state index contributed by atoms with van der Waals surface area (Å²) in [5.41, 5.74) is 0.525. The first-order valence-corrected chi connectivity index (χ1v) is 9.22. The third-order valence-electron chi connectivity index (χ3n) is 5.00. The number of carbonyl (C=O) groups excluding carboxylic acids is 1. The summed E-state index contributed by atoms with van der Waals surface area (Å²) in [5, 5.41) is 13.9. The monoisotopic (exact) mass is 438 g/mol. The van der Waals surface area contributed by atoms with Gasteiger partial charge in [-0.05, 0) is 30.2 Å². The lowest BCUT2D eigenvalue weighted by atomic mass is 9.97. The Morgan fingerprint density at radius 1 is 1.27 bits per heavy atom. The van der Waals surface area contributed by atoms with Gasteiger partial charge in [-0.25, -0.2) is 4.79 Å². The molecule has 2 aromatic carbocycles. The number of halogens is 4. The van der Waals surface area contributed by atoms with Gasteiger partial charge in [0.2, 0.25) is 0 Å². The summed E-state index contributed by atoms with van der Waals surface area (Å²) in [6, 6.07) is 7.17. The van der Waals surface area contributed by atoms with E-state index in [4.69, 9.17) is 11.6 Å². The third kappa shape index (κ3) is 3.43. The molecule has 0 bridgehead atoms. The number of para-hydroxylation sites is 1. The van der Waals surface area contributed by atoms with Crippen LogP contribution in [0.1, 0.15) is 17.3 Å². The van der Waals surface area contributed by atoms with E-state index in [0.29, 0.717) is 21.4 Å². The maximum Gasteiger partial charge on any atom is 0.414 e. The number of nitrogens with zero attached hydrogens (tertiary/aromatic N) is 2. The minimum Gasteiger partial charge on any atom is -0.356 e. The molecule has 4 rings (SSSR count). The van der Waals surface area contributed by atoms with Gasteiger partial charge in [0.15, 0.2) is 6.04 Å². The van der Waals surface area contributed by atoms with E-state index in [1.165, 1.54) is 12.1 Å². The molecule has 2 amide bonds. The van der Waals surface area contributed by atoms with E-state index in [2.05, 4.69) is 10.3 Å². The molecular weight excluding hydrogens is 425 g/mol. The maximum absolute atomic E-state index is 14.0. The summed E-state index contributed by atoms with van der Waals surface area (Å²) in [6.07, 6.45) is -4.49. The van der Waals surface area contributed by atoms with Crippen LogP contribution in [0.15, 0.2) is 42.5 Å². The topological polar surface area (TPSA) is 91.3 Å². The maximum atomic E-state index is 14.0. The molecule has 156 valence electrons. The van der Waals surface area contributed by atoms with Crippen LogP contribution in [0.2, 0.25) is 5.02 Å². The molecule has 2 heterocycles. The second-order valence-corrected chi connectivity index (χ2v) is 7.21. The van der Waals surface area contributed by atoms with Crippen molar-refractivity contribution >= 4 is 39.9 Å². The van der Waals surface area contributed by atoms with Gasteiger partial charge in [-0.15, -0.1) is 0 Å². The van der Waals surface area contributed by atoms with Crippen molar-refractivity contribution in [3.8, 4) is 0 Å². The minimum absolute atomic E-state index is 0.0283. The number of urea groups is 1. The van der Waals surface area contributed by atoms with E-state index < -0.39 is 28.9 Å². The first-order valence-electron chi connectivity index (χ1n) is 8.84. The molecule has 0 fully saturated rings. The highest BCUT2D eigenvalue weighted by molar-refractivity contribution is 6.32. The number of nitro benzene ring substituents is 1. The highest BCUT2D eigenvalue weighted by Crippen LogP contribution is 2.44. The number of aromatic nitrogens is 1. The summed E-state index contributed by atoms with van der Waals surface area (Å²) in [6.45, 7) is -0.166. The van der Waals surface area contributed by atoms with Gasteiger partial charge in [-0.2, -0.15) is 13.2 Å². The lowest BCUT2D eigenvalue weighted by Crippen LogP contribution is -2.48. The molecule has 0 spiro atoms. The van der Waals surface area contributed by atoms with Crippen molar-refractivity contribution in [3.05, 3.63) is 68.9 Å². The average Bonchev–Trinajstić information content (AvgIpc) is 3.06. The van der Waals surface area contributed by atoms with Gasteiger partial charge < -0.3 is 15.2 Å². The Bertz CT molecular complexity index is 1160. The van der Waals surface area contributed by atoms with Crippen molar-refractivity contribution < 1.29 is 22.9 Å². The third-order valence-corrected chi connectivity index (χ3v) is 5.32. The van der Waals surface area contributed by atoms with Crippen molar-refractivity contribution in [1.29, 1.82) is 0 Å². The van der Waals surface area contributed by atoms with Crippen LogP contribution in [-0.4, -0.2) is 33.6 Å². The number of benzene rings is 2. The van der Waals surface area contributed by atoms with Gasteiger partial charge >= 0.3 is 12.2 Å². The summed E-state index contributed by atoms with van der Waals surface area (Å²) < 4.78 is 41.9. The molecule has 11 heteroatoms. The number of carbonyl (C=O) groups is 1. The Morgan fingerprint density at radius 3 is 2.70 bits per heavy atom. The lowest BCUT2D eigenvalue weighted by molar-refractivity contribution is -0.384. The molecule has 0 saturated carbocycles. The van der Waals surface area contributed by atoms with Gasteiger partial charge in [0.05, 0.1) is 10.6 Å². The number of amides is 2. The molecule has 7 nitrogen and oxygen atoms in total. The predicted molar refractivity (Wildman–Crippen MR) is 105 cm³/mol. The molecule has 1 atom stereocenters. The molecule has 1 aliphatic rings. The van der Waals surface area contributed by atoms with E-state index in [0.717, 1.165) is 6.07 Å². The Labute approximate surface area is 172 Å². The van der Waals surface area contributed by atoms with Crippen LogP contribution in [0.3, 0.4) is 0 Å². The van der Waals surface area contributed by atoms with Gasteiger partial charge in [-0.3, -0.25) is 10.1 Å². The van der Waals surface area contributed by atoms with Gasteiger partial charge in [0, 0.05) is 29.2 Å². The molecule has 1 aliphatic heterocycles. The summed E-state index contributed by atoms with van der Waals surface area (Å²) >= 11 is 5.74. The quantitative estimate of drug-likeness (QED) is 0.413. The Kier molecular flexibility index (Phi) is 4.81. The number of alkyl halides is 3. The molecule has 0 radical (unpaired) electrons. The standard InChI is InChI=1S/C19H14ClF3N4O3/c20-13-6-5-10(9-15(13)27(29)30)24-18(28)26-8-7-12-11-3-1-2-4-14(11)25-16(12)17(26)19(21,22)23/h1-6,9,17,25H,7-8H2,(H,24,28). The van der Waals surface area contributed by atoms with Crippen LogP contribution in [0, 0.1) is 10.1 Å². The molecule has 1 aromatic heterocycles. The fourth-order valence-electron chi connectivity index (χ4n) is 3.73. The minimum atomic E-state index is -4.72. The van der Waals surface area contributed by atoms with E-state index in [1.54, 1.807) is 24.3 Å². The van der Waals surface area contributed by atoms with Crippen LogP contribution in [0.25, 0.3) is 10.9 Å². The molecule has 0 saturated heterocycles. The van der Waals surface area contributed by atoms with Crippen molar-refractivity contribution in [3.63, 3.8) is 0 Å². The number of hydrogen-bond donors (Lipinski definition) is 2. The smallest absolute Gasteiger partial charge is 0.356 e. The first kappa shape index (κ1) is 20.0. The largest absolute Gasteiger partial charge is 0.414 e. The summed E-state index contributed by atoms with van der Waals surface area (Å²) in [4.78, 5) is 26.5. The fraction of sp³-hybridized carbons (Fsp3) is 0.211. The predicted octanol–water partition coefficient (Wildman–Crippen LogP) is 5.42. The Morgan fingerprint density at radius 2 is 2.00 bits per heavy atom. The number of aromatic amines is 1. The number of fused-ring (bicyclic) bond motifs is 3. The number of hydrogen-bond acceptors (Lipinski definition) is 3. The summed E-state index contributed by atoms with van der Waals surface area (Å²) in [5.74, 6) is 0. The van der Waals surface area contributed by atoms with Crippen LogP contribution in [-0.2, 0) is 6.42 Å². The van der Waals surface area contributed by atoms with Gasteiger partial charge in [0.1, 0.15) is 5.02 Å².